The molecule has 1 aliphatic rings. The van der Waals surface area contributed by atoms with Crippen LogP contribution in [0.1, 0.15) is 22.5 Å². The molecule has 1 fully saturated rings. The number of carbonyl (C=O) groups is 1. The number of aliphatic hydroxyl groups excluding tert-OH is 1. The van der Waals surface area contributed by atoms with E-state index in [1.165, 1.54) is 0 Å². The van der Waals surface area contributed by atoms with Crippen LogP contribution in [0.2, 0.25) is 0 Å². The minimum absolute atomic E-state index is 0.110. The molecule has 3 rings (SSSR count). The molecule has 0 radical (unpaired) electrons. The summed E-state index contributed by atoms with van der Waals surface area (Å²) in [7, 11) is 0. The van der Waals surface area contributed by atoms with Gasteiger partial charge in [-0.1, -0.05) is 24.3 Å². The van der Waals surface area contributed by atoms with Gasteiger partial charge in [0.2, 0.25) is 0 Å². The number of aliphatic hydroxyl groups is 2. The number of piperidine rings is 1. The van der Waals surface area contributed by atoms with Crippen molar-refractivity contribution in [1.82, 2.24) is 15.2 Å². The number of nitrogens with zero attached hydrogens (tertiary/aromatic N) is 2. The van der Waals surface area contributed by atoms with Gasteiger partial charge in [-0.3, -0.25) is 9.78 Å². The Morgan fingerprint density at radius 3 is 2.73 bits per heavy atom. The molecule has 1 saturated heterocycles. The minimum Gasteiger partial charge on any atom is -0.390 e. The zero-order valence-electron chi connectivity index (χ0n) is 14.7. The third-order valence-corrected chi connectivity index (χ3v) is 4.78. The lowest BCUT2D eigenvalue weighted by Crippen LogP contribution is -2.62. The fraction of sp³-hybridized carbons (Fsp3) is 0.400. The van der Waals surface area contributed by atoms with E-state index in [0.717, 1.165) is 12.1 Å². The SMILES string of the molecule is O=C(c1ccccc1)N1CC[C@H](O)[C@@](O)(CNCCc2ccccn2)C1. The van der Waals surface area contributed by atoms with Gasteiger partial charge in [0.25, 0.3) is 5.91 Å². The molecule has 26 heavy (non-hydrogen) atoms. The average Bonchev–Trinajstić information content (AvgIpc) is 2.68. The quantitative estimate of drug-likeness (QED) is 0.669. The largest absolute Gasteiger partial charge is 0.390 e. The summed E-state index contributed by atoms with van der Waals surface area (Å²) in [4.78, 5) is 18.5. The Morgan fingerprint density at radius 1 is 1.23 bits per heavy atom. The van der Waals surface area contributed by atoms with Crippen molar-refractivity contribution < 1.29 is 15.0 Å². The van der Waals surface area contributed by atoms with Gasteiger partial charge in [0.15, 0.2) is 0 Å². The van der Waals surface area contributed by atoms with E-state index in [0.29, 0.717) is 25.1 Å². The summed E-state index contributed by atoms with van der Waals surface area (Å²) in [5.74, 6) is -0.121. The smallest absolute Gasteiger partial charge is 0.253 e. The summed E-state index contributed by atoms with van der Waals surface area (Å²) in [6.07, 6.45) is 1.99. The number of likely N-dealkylation sites (tertiary alicyclic amines) is 1. The number of pyridine rings is 1. The number of rotatable bonds is 6. The van der Waals surface area contributed by atoms with Crippen molar-refractivity contribution in [3.63, 3.8) is 0 Å². The van der Waals surface area contributed by atoms with Crippen LogP contribution in [-0.2, 0) is 6.42 Å². The van der Waals surface area contributed by atoms with E-state index in [1.54, 1.807) is 23.2 Å². The zero-order chi connectivity index (χ0) is 18.4. The molecule has 0 unspecified atom stereocenters. The number of aromatic nitrogens is 1. The fourth-order valence-corrected chi connectivity index (χ4v) is 3.24. The molecule has 1 aromatic heterocycles. The van der Waals surface area contributed by atoms with Crippen molar-refractivity contribution >= 4 is 5.91 Å². The lowest BCUT2D eigenvalue weighted by Gasteiger charge is -2.42. The van der Waals surface area contributed by atoms with Gasteiger partial charge in [-0.05, 0) is 30.7 Å². The number of carbonyl (C=O) groups excluding carboxylic acids is 1. The highest BCUT2D eigenvalue weighted by Gasteiger charge is 2.42. The Morgan fingerprint density at radius 2 is 2.00 bits per heavy atom. The van der Waals surface area contributed by atoms with Crippen LogP contribution >= 0.6 is 0 Å². The molecule has 0 spiro atoms. The van der Waals surface area contributed by atoms with Gasteiger partial charge < -0.3 is 20.4 Å². The topological polar surface area (TPSA) is 85.7 Å². The van der Waals surface area contributed by atoms with Gasteiger partial charge in [0.1, 0.15) is 5.60 Å². The van der Waals surface area contributed by atoms with Crippen LogP contribution < -0.4 is 5.32 Å². The number of hydrogen-bond donors (Lipinski definition) is 3. The van der Waals surface area contributed by atoms with Gasteiger partial charge in [0.05, 0.1) is 12.6 Å². The van der Waals surface area contributed by atoms with E-state index in [4.69, 9.17) is 0 Å². The first-order chi connectivity index (χ1) is 12.6. The molecule has 2 aromatic rings. The average molecular weight is 355 g/mol. The Hall–Kier alpha value is -2.28. The molecular weight excluding hydrogens is 330 g/mol. The molecule has 3 N–H and O–H groups in total. The maximum atomic E-state index is 12.6. The van der Waals surface area contributed by atoms with E-state index in [1.807, 2.05) is 36.4 Å². The van der Waals surface area contributed by atoms with E-state index < -0.39 is 11.7 Å². The van der Waals surface area contributed by atoms with Crippen LogP contribution in [0.25, 0.3) is 0 Å². The predicted octanol–water partition coefficient (Wildman–Crippen LogP) is 0.852. The van der Waals surface area contributed by atoms with Crippen LogP contribution in [0.3, 0.4) is 0 Å². The minimum atomic E-state index is -1.35. The first kappa shape index (κ1) is 18.5. The number of benzene rings is 1. The fourth-order valence-electron chi connectivity index (χ4n) is 3.24. The first-order valence-electron chi connectivity index (χ1n) is 8.94. The first-order valence-corrected chi connectivity index (χ1v) is 8.94. The zero-order valence-corrected chi connectivity index (χ0v) is 14.7. The van der Waals surface area contributed by atoms with Gasteiger partial charge in [-0.15, -0.1) is 0 Å². The van der Waals surface area contributed by atoms with E-state index in [2.05, 4.69) is 10.3 Å². The van der Waals surface area contributed by atoms with Gasteiger partial charge in [0, 0.05) is 43.5 Å². The number of amides is 1. The second-order valence-corrected chi connectivity index (χ2v) is 6.75. The molecule has 138 valence electrons. The van der Waals surface area contributed by atoms with Gasteiger partial charge in [-0.2, -0.15) is 0 Å². The lowest BCUT2D eigenvalue weighted by molar-refractivity contribution is -0.111. The van der Waals surface area contributed by atoms with Crippen molar-refractivity contribution in [3.8, 4) is 0 Å². The molecule has 2 atom stereocenters. The molecule has 1 amide bonds. The number of hydrogen-bond acceptors (Lipinski definition) is 5. The molecule has 1 aliphatic heterocycles. The summed E-state index contributed by atoms with van der Waals surface area (Å²) >= 11 is 0. The third-order valence-electron chi connectivity index (χ3n) is 4.78. The van der Waals surface area contributed by atoms with Crippen molar-refractivity contribution in [2.75, 3.05) is 26.2 Å². The van der Waals surface area contributed by atoms with E-state index >= 15 is 0 Å². The Kier molecular flexibility index (Phi) is 5.98. The summed E-state index contributed by atoms with van der Waals surface area (Å²) in [5, 5.41) is 24.3. The van der Waals surface area contributed by atoms with Crippen molar-refractivity contribution in [1.29, 1.82) is 0 Å². The predicted molar refractivity (Wildman–Crippen MR) is 98.7 cm³/mol. The maximum absolute atomic E-state index is 12.6. The van der Waals surface area contributed by atoms with Gasteiger partial charge in [-0.25, -0.2) is 0 Å². The Bertz CT molecular complexity index is 711. The van der Waals surface area contributed by atoms with Crippen molar-refractivity contribution in [3.05, 3.63) is 66.0 Å². The summed E-state index contributed by atoms with van der Waals surface area (Å²) in [6, 6.07) is 14.8. The number of β-amino-alcohol motifs (C(OH)–C–C–N with tert-alkyl or cyclic N) is 1. The highest BCUT2D eigenvalue weighted by Crippen LogP contribution is 2.23. The lowest BCUT2D eigenvalue weighted by atomic mass is 9.89. The van der Waals surface area contributed by atoms with Crippen molar-refractivity contribution in [2.45, 2.75) is 24.5 Å². The monoisotopic (exact) mass is 355 g/mol. The molecule has 2 heterocycles. The summed E-state index contributed by atoms with van der Waals surface area (Å²) in [6.45, 7) is 1.40. The summed E-state index contributed by atoms with van der Waals surface area (Å²) < 4.78 is 0. The van der Waals surface area contributed by atoms with Crippen LogP contribution in [0.15, 0.2) is 54.7 Å². The van der Waals surface area contributed by atoms with Crippen LogP contribution in [0.5, 0.6) is 0 Å². The maximum Gasteiger partial charge on any atom is 0.253 e. The second-order valence-electron chi connectivity index (χ2n) is 6.75. The molecule has 0 bridgehead atoms. The highest BCUT2D eigenvalue weighted by molar-refractivity contribution is 5.94. The number of nitrogens with one attached hydrogen (secondary N) is 1. The van der Waals surface area contributed by atoms with Crippen LogP contribution in [0, 0.1) is 0 Å². The van der Waals surface area contributed by atoms with Crippen LogP contribution in [-0.4, -0.2) is 63.9 Å². The molecule has 6 heteroatoms. The Balaban J connectivity index is 1.55. The molecule has 0 saturated carbocycles. The molecule has 1 aromatic carbocycles. The molecule has 0 aliphatic carbocycles. The van der Waals surface area contributed by atoms with Crippen molar-refractivity contribution in [2.24, 2.45) is 0 Å². The normalized spacial score (nSPS) is 23.0. The van der Waals surface area contributed by atoms with E-state index in [9.17, 15) is 15.0 Å². The highest BCUT2D eigenvalue weighted by atomic mass is 16.3. The Labute approximate surface area is 153 Å². The standard InChI is InChI=1S/C20H25N3O3/c24-18-10-13-23(19(25)16-6-2-1-3-7-16)15-20(18,26)14-21-12-9-17-8-4-5-11-22-17/h1-8,11,18,21,24,26H,9-10,12-15H2/t18-,20+/m0/s1. The van der Waals surface area contributed by atoms with E-state index in [-0.39, 0.29) is 19.0 Å². The summed E-state index contributed by atoms with van der Waals surface area (Å²) in [5.41, 5.74) is 0.207. The third kappa shape index (κ3) is 4.46. The molecular formula is C20H25N3O3. The van der Waals surface area contributed by atoms with Gasteiger partial charge >= 0.3 is 0 Å². The molecule has 6 nitrogen and oxygen atoms in total. The second kappa shape index (κ2) is 8.40. The van der Waals surface area contributed by atoms with Crippen LogP contribution in [0.4, 0.5) is 0 Å².